The van der Waals surface area contributed by atoms with Gasteiger partial charge in [-0.05, 0) is 53.7 Å². The standard InChI is InChI=1S/C26H21F5O/c1-3-4-14-5-8-18(24(29)22(14)27)16-6-9-17-15(13-16)7-10-19(23(17)28)20-11-12-21(32-2)26(31)25(20)30/h5,7-8,10-13H,3-4,6,9H2,1-2H3. The van der Waals surface area contributed by atoms with E-state index in [1.165, 1.54) is 25.3 Å². The zero-order valence-electron chi connectivity index (χ0n) is 17.7. The van der Waals surface area contributed by atoms with Crippen LogP contribution < -0.4 is 4.74 Å². The molecule has 4 rings (SSSR count). The van der Waals surface area contributed by atoms with Gasteiger partial charge in [0.2, 0.25) is 5.82 Å². The average molecular weight is 444 g/mol. The number of allylic oxidation sites excluding steroid dienone is 1. The molecular weight excluding hydrogens is 423 g/mol. The second-order valence-corrected chi connectivity index (χ2v) is 7.76. The van der Waals surface area contributed by atoms with Crippen LogP contribution >= 0.6 is 0 Å². The highest BCUT2D eigenvalue weighted by Gasteiger charge is 2.24. The van der Waals surface area contributed by atoms with E-state index in [0.717, 1.165) is 0 Å². The molecule has 0 fully saturated rings. The number of fused-ring (bicyclic) bond motifs is 1. The molecule has 0 atom stereocenters. The van der Waals surface area contributed by atoms with E-state index >= 15 is 4.39 Å². The highest BCUT2D eigenvalue weighted by Crippen LogP contribution is 2.38. The van der Waals surface area contributed by atoms with Crippen molar-refractivity contribution in [1.82, 2.24) is 0 Å². The van der Waals surface area contributed by atoms with E-state index in [0.29, 0.717) is 35.1 Å². The van der Waals surface area contributed by atoms with Crippen LogP contribution in [0.25, 0.3) is 22.8 Å². The Morgan fingerprint density at radius 2 is 1.38 bits per heavy atom. The van der Waals surface area contributed by atoms with E-state index in [4.69, 9.17) is 4.74 Å². The minimum Gasteiger partial charge on any atom is -0.494 e. The van der Waals surface area contributed by atoms with Crippen molar-refractivity contribution in [3.05, 3.63) is 87.7 Å². The molecule has 1 nitrogen and oxygen atoms in total. The first kappa shape index (κ1) is 22.1. The van der Waals surface area contributed by atoms with E-state index < -0.39 is 29.1 Å². The minimum absolute atomic E-state index is 0.0687. The summed E-state index contributed by atoms with van der Waals surface area (Å²) in [7, 11) is 1.22. The molecule has 0 radical (unpaired) electrons. The molecule has 0 spiro atoms. The summed E-state index contributed by atoms with van der Waals surface area (Å²) in [5.74, 6) is -5.07. The Kier molecular flexibility index (Phi) is 6.04. The minimum atomic E-state index is -1.19. The maximum atomic E-state index is 15.3. The molecule has 0 aromatic heterocycles. The third-order valence-corrected chi connectivity index (χ3v) is 5.84. The van der Waals surface area contributed by atoms with Gasteiger partial charge < -0.3 is 4.74 Å². The normalized spacial score (nSPS) is 13.0. The number of hydrogen-bond donors (Lipinski definition) is 0. The Bertz CT molecular complexity index is 1230. The number of methoxy groups -OCH3 is 1. The van der Waals surface area contributed by atoms with Crippen LogP contribution in [0.4, 0.5) is 22.0 Å². The lowest BCUT2D eigenvalue weighted by Crippen LogP contribution is -2.06. The number of rotatable bonds is 5. The molecule has 3 aromatic rings. The molecule has 6 heteroatoms. The van der Waals surface area contributed by atoms with Gasteiger partial charge in [0, 0.05) is 16.7 Å². The zero-order chi connectivity index (χ0) is 23.0. The Hall–Kier alpha value is -3.15. The van der Waals surface area contributed by atoms with Crippen LogP contribution in [0, 0.1) is 29.1 Å². The van der Waals surface area contributed by atoms with Gasteiger partial charge in [-0.3, -0.25) is 0 Å². The molecule has 32 heavy (non-hydrogen) atoms. The summed E-state index contributed by atoms with van der Waals surface area (Å²) in [5.41, 5.74) is 1.59. The molecule has 0 saturated carbocycles. The smallest absolute Gasteiger partial charge is 0.201 e. The Labute approximate surface area is 183 Å². The van der Waals surface area contributed by atoms with Gasteiger partial charge in [-0.25, -0.2) is 17.6 Å². The fourth-order valence-corrected chi connectivity index (χ4v) is 4.16. The lowest BCUT2D eigenvalue weighted by atomic mass is 9.86. The quantitative estimate of drug-likeness (QED) is 0.370. The maximum Gasteiger partial charge on any atom is 0.201 e. The van der Waals surface area contributed by atoms with Crippen LogP contribution in [0.5, 0.6) is 5.75 Å². The van der Waals surface area contributed by atoms with Gasteiger partial charge in [0.15, 0.2) is 23.2 Å². The summed E-state index contributed by atoms with van der Waals surface area (Å²) in [6.45, 7) is 1.89. The van der Waals surface area contributed by atoms with Crippen molar-refractivity contribution in [2.75, 3.05) is 7.11 Å². The van der Waals surface area contributed by atoms with Crippen LogP contribution in [-0.2, 0) is 12.8 Å². The monoisotopic (exact) mass is 444 g/mol. The molecule has 3 aromatic carbocycles. The number of benzene rings is 3. The molecule has 0 heterocycles. The number of aryl methyl sites for hydroxylation is 1. The van der Waals surface area contributed by atoms with E-state index in [1.807, 2.05) is 6.92 Å². The van der Waals surface area contributed by atoms with Gasteiger partial charge in [0.05, 0.1) is 7.11 Å². The largest absolute Gasteiger partial charge is 0.494 e. The van der Waals surface area contributed by atoms with Crippen molar-refractivity contribution < 1.29 is 26.7 Å². The second-order valence-electron chi connectivity index (χ2n) is 7.76. The SMILES string of the molecule is CCCc1ccc(C2=Cc3ccc(-c4ccc(OC)c(F)c4F)c(F)c3CC2)c(F)c1F. The summed E-state index contributed by atoms with van der Waals surface area (Å²) < 4.78 is 77.7. The number of hydrogen-bond acceptors (Lipinski definition) is 1. The Balaban J connectivity index is 1.75. The topological polar surface area (TPSA) is 9.23 Å². The van der Waals surface area contributed by atoms with Gasteiger partial charge in [-0.15, -0.1) is 0 Å². The molecular formula is C26H21F5O. The third-order valence-electron chi connectivity index (χ3n) is 5.84. The van der Waals surface area contributed by atoms with E-state index in [1.54, 1.807) is 24.3 Å². The molecule has 0 saturated heterocycles. The van der Waals surface area contributed by atoms with Crippen molar-refractivity contribution in [3.63, 3.8) is 0 Å². The van der Waals surface area contributed by atoms with Gasteiger partial charge in [0.25, 0.3) is 0 Å². The van der Waals surface area contributed by atoms with Crippen LogP contribution in [0.1, 0.15) is 42.0 Å². The van der Waals surface area contributed by atoms with Crippen LogP contribution in [0.3, 0.4) is 0 Å². The summed E-state index contributed by atoms with van der Waals surface area (Å²) >= 11 is 0. The first-order chi connectivity index (χ1) is 15.4. The van der Waals surface area contributed by atoms with Crippen molar-refractivity contribution in [2.24, 2.45) is 0 Å². The summed E-state index contributed by atoms with van der Waals surface area (Å²) in [6, 6.07) is 8.58. The molecule has 0 N–H and O–H groups in total. The average Bonchev–Trinajstić information content (AvgIpc) is 2.79. The fraction of sp³-hybridized carbons (Fsp3) is 0.231. The number of ether oxygens (including phenoxy) is 1. The molecule has 166 valence electrons. The molecule has 0 amide bonds. The predicted octanol–water partition coefficient (Wildman–Crippen LogP) is 7.50. The van der Waals surface area contributed by atoms with E-state index in [9.17, 15) is 17.6 Å². The predicted molar refractivity (Wildman–Crippen MR) is 115 cm³/mol. The van der Waals surface area contributed by atoms with E-state index in [-0.39, 0.29) is 35.3 Å². The third kappa shape index (κ3) is 3.68. The second kappa shape index (κ2) is 8.77. The fourth-order valence-electron chi connectivity index (χ4n) is 4.16. The van der Waals surface area contributed by atoms with Crippen LogP contribution in [0.2, 0.25) is 0 Å². The maximum absolute atomic E-state index is 15.3. The Morgan fingerprint density at radius 1 is 0.719 bits per heavy atom. The lowest BCUT2D eigenvalue weighted by Gasteiger charge is -2.20. The lowest BCUT2D eigenvalue weighted by molar-refractivity contribution is 0.372. The summed E-state index contributed by atoms with van der Waals surface area (Å²) in [4.78, 5) is 0. The Morgan fingerprint density at radius 3 is 2.09 bits per heavy atom. The van der Waals surface area contributed by atoms with Crippen molar-refractivity contribution >= 4 is 11.6 Å². The van der Waals surface area contributed by atoms with Crippen molar-refractivity contribution in [2.45, 2.75) is 32.6 Å². The molecule has 1 aliphatic rings. The first-order valence-electron chi connectivity index (χ1n) is 10.4. The summed E-state index contributed by atoms with van der Waals surface area (Å²) in [6.07, 6.45) is 3.27. The van der Waals surface area contributed by atoms with Crippen LogP contribution in [-0.4, -0.2) is 7.11 Å². The van der Waals surface area contributed by atoms with Gasteiger partial charge in [-0.1, -0.05) is 43.7 Å². The number of halogens is 5. The zero-order valence-corrected chi connectivity index (χ0v) is 17.7. The van der Waals surface area contributed by atoms with E-state index in [2.05, 4.69) is 0 Å². The highest BCUT2D eigenvalue weighted by molar-refractivity contribution is 5.86. The van der Waals surface area contributed by atoms with Crippen molar-refractivity contribution in [3.8, 4) is 16.9 Å². The van der Waals surface area contributed by atoms with Crippen LogP contribution in [0.15, 0.2) is 36.4 Å². The molecule has 1 aliphatic carbocycles. The first-order valence-corrected chi connectivity index (χ1v) is 10.4. The van der Waals surface area contributed by atoms with Gasteiger partial charge in [-0.2, -0.15) is 4.39 Å². The van der Waals surface area contributed by atoms with Crippen molar-refractivity contribution in [1.29, 1.82) is 0 Å². The summed E-state index contributed by atoms with van der Waals surface area (Å²) in [5, 5.41) is 0. The highest BCUT2D eigenvalue weighted by atomic mass is 19.2. The van der Waals surface area contributed by atoms with Gasteiger partial charge >= 0.3 is 0 Å². The molecule has 0 bridgehead atoms. The molecule has 0 aliphatic heterocycles. The molecule has 0 unspecified atom stereocenters. The van der Waals surface area contributed by atoms with Gasteiger partial charge in [0.1, 0.15) is 5.82 Å².